The first kappa shape index (κ1) is 21.6. The maximum absolute atomic E-state index is 11.3. The Morgan fingerprint density at radius 2 is 1.50 bits per heavy atom. The van der Waals surface area contributed by atoms with Gasteiger partial charge in [0.15, 0.2) is 0 Å². The van der Waals surface area contributed by atoms with Crippen LogP contribution < -0.4 is 10.1 Å². The lowest BCUT2D eigenvalue weighted by molar-refractivity contribution is -0.134. The number of hydrogen-bond acceptors (Lipinski definition) is 3. The van der Waals surface area contributed by atoms with Gasteiger partial charge < -0.3 is 15.2 Å². The van der Waals surface area contributed by atoms with Crippen LogP contribution in [-0.2, 0) is 20.4 Å². The van der Waals surface area contributed by atoms with Crippen LogP contribution in [0.5, 0.6) is 11.5 Å². The molecule has 0 aromatic heterocycles. The fourth-order valence-electron chi connectivity index (χ4n) is 3.91. The Morgan fingerprint density at radius 3 is 2.07 bits per heavy atom. The summed E-state index contributed by atoms with van der Waals surface area (Å²) in [6, 6.07) is 13.4. The van der Waals surface area contributed by atoms with Crippen LogP contribution in [-0.4, -0.2) is 17.0 Å². The number of fused-ring (bicyclic) bond motifs is 1. The summed E-state index contributed by atoms with van der Waals surface area (Å²) in [6.07, 6.45) is 3.72. The zero-order valence-electron chi connectivity index (χ0n) is 18.2. The van der Waals surface area contributed by atoms with Gasteiger partial charge in [-0.3, -0.25) is 4.79 Å². The van der Waals surface area contributed by atoms with E-state index >= 15 is 0 Å². The van der Waals surface area contributed by atoms with Crippen molar-refractivity contribution in [2.45, 2.75) is 58.3 Å². The molecule has 0 aliphatic heterocycles. The fourth-order valence-corrected chi connectivity index (χ4v) is 3.91. The molecule has 2 aromatic rings. The highest BCUT2D eigenvalue weighted by Crippen LogP contribution is 2.47. The first-order valence-electron chi connectivity index (χ1n) is 10.1. The van der Waals surface area contributed by atoms with E-state index in [1.165, 1.54) is 30.5 Å². The molecule has 1 aliphatic carbocycles. The summed E-state index contributed by atoms with van der Waals surface area (Å²) < 4.78 is 6.07. The Balaban J connectivity index is 1.83. The lowest BCUT2D eigenvalue weighted by Gasteiger charge is -2.41. The Morgan fingerprint density at radius 1 is 0.933 bits per heavy atom. The molecule has 1 aliphatic rings. The summed E-state index contributed by atoms with van der Waals surface area (Å²) in [5, 5.41) is 11.5. The monoisotopic (exact) mass is 407 g/mol. The van der Waals surface area contributed by atoms with Crippen molar-refractivity contribution < 1.29 is 19.4 Å². The van der Waals surface area contributed by atoms with E-state index in [9.17, 15) is 14.7 Å². The molecule has 30 heavy (non-hydrogen) atoms. The summed E-state index contributed by atoms with van der Waals surface area (Å²) in [4.78, 5) is 22.4. The molecule has 0 heterocycles. The highest BCUT2D eigenvalue weighted by Gasteiger charge is 2.37. The van der Waals surface area contributed by atoms with E-state index < -0.39 is 11.9 Å². The number of amides is 1. The van der Waals surface area contributed by atoms with Crippen molar-refractivity contribution in [3.8, 4) is 11.5 Å². The van der Waals surface area contributed by atoms with Crippen molar-refractivity contribution in [2.75, 3.05) is 0 Å². The van der Waals surface area contributed by atoms with Crippen molar-refractivity contribution in [1.29, 1.82) is 0 Å². The van der Waals surface area contributed by atoms with Crippen LogP contribution in [0.3, 0.4) is 0 Å². The maximum atomic E-state index is 11.3. The zero-order chi connectivity index (χ0) is 22.1. The molecule has 0 unspecified atom stereocenters. The maximum Gasteiger partial charge on any atom is 0.352 e. The Bertz CT molecular complexity index is 1000. The molecule has 0 fully saturated rings. The first-order valence-corrected chi connectivity index (χ1v) is 10.1. The number of carboxylic acids is 1. The van der Waals surface area contributed by atoms with Crippen molar-refractivity contribution in [1.82, 2.24) is 5.32 Å². The topological polar surface area (TPSA) is 75.6 Å². The Labute approximate surface area is 177 Å². The summed E-state index contributed by atoms with van der Waals surface area (Å²) in [5.74, 6) is -0.170. The molecule has 2 N–H and O–H groups in total. The summed E-state index contributed by atoms with van der Waals surface area (Å²) in [6.45, 7) is 10.4. The van der Waals surface area contributed by atoms with E-state index in [-0.39, 0.29) is 16.5 Å². The van der Waals surface area contributed by atoms with Gasteiger partial charge in [-0.25, -0.2) is 4.79 Å². The van der Waals surface area contributed by atoms with Gasteiger partial charge in [0, 0.05) is 6.92 Å². The van der Waals surface area contributed by atoms with Gasteiger partial charge in [-0.15, -0.1) is 0 Å². The molecular weight excluding hydrogens is 378 g/mol. The van der Waals surface area contributed by atoms with Crippen LogP contribution in [0, 0.1) is 0 Å². The van der Waals surface area contributed by atoms with Crippen molar-refractivity contribution in [3.63, 3.8) is 0 Å². The van der Waals surface area contributed by atoms with Gasteiger partial charge in [0.2, 0.25) is 5.91 Å². The Hall–Kier alpha value is -3.08. The molecule has 0 bridgehead atoms. The summed E-state index contributed by atoms with van der Waals surface area (Å²) >= 11 is 0. The molecule has 3 rings (SSSR count). The van der Waals surface area contributed by atoms with Crippen molar-refractivity contribution in [3.05, 3.63) is 64.9 Å². The molecule has 5 nitrogen and oxygen atoms in total. The standard InChI is InChI=1S/C25H29NO4/c1-16(27)26-22(23(28)29)14-17-6-8-18(9-7-17)30-19-10-11-20-21(15-19)25(4,5)13-12-24(20,2)3/h6-11,14-15H,12-13H2,1-5H3,(H,26,27)(H,28,29). The quantitative estimate of drug-likeness (QED) is 0.652. The fraction of sp³-hybridized carbons (Fsp3) is 0.360. The largest absolute Gasteiger partial charge is 0.477 e. The van der Waals surface area contributed by atoms with Crippen LogP contribution in [0.25, 0.3) is 6.08 Å². The summed E-state index contributed by atoms with van der Waals surface area (Å²) in [5.41, 5.74) is 3.46. The minimum Gasteiger partial charge on any atom is -0.477 e. The molecule has 5 heteroatoms. The molecule has 0 spiro atoms. The number of carboxylic acid groups (broad SMARTS) is 1. The third-order valence-electron chi connectivity index (χ3n) is 5.79. The number of carbonyl (C=O) groups excluding carboxylic acids is 1. The molecule has 2 aromatic carbocycles. The van der Waals surface area contributed by atoms with Gasteiger partial charge in [0.25, 0.3) is 0 Å². The Kier molecular flexibility index (Phi) is 5.75. The van der Waals surface area contributed by atoms with Gasteiger partial charge >= 0.3 is 5.97 Å². The minimum atomic E-state index is -1.19. The second kappa shape index (κ2) is 7.98. The molecule has 158 valence electrons. The number of hydrogen-bond donors (Lipinski definition) is 2. The smallest absolute Gasteiger partial charge is 0.352 e. The van der Waals surface area contributed by atoms with Crippen LogP contribution in [0.1, 0.15) is 64.2 Å². The third kappa shape index (κ3) is 4.73. The van der Waals surface area contributed by atoms with Crippen LogP contribution >= 0.6 is 0 Å². The molecule has 0 saturated heterocycles. The average molecular weight is 408 g/mol. The van der Waals surface area contributed by atoms with Gasteiger partial charge in [-0.2, -0.15) is 0 Å². The van der Waals surface area contributed by atoms with Crippen LogP contribution in [0.15, 0.2) is 48.2 Å². The highest BCUT2D eigenvalue weighted by atomic mass is 16.5. The summed E-state index contributed by atoms with van der Waals surface area (Å²) in [7, 11) is 0. The lowest BCUT2D eigenvalue weighted by atomic mass is 9.63. The minimum absolute atomic E-state index is 0.107. The average Bonchev–Trinajstić information content (AvgIpc) is 2.66. The number of nitrogens with one attached hydrogen (secondary N) is 1. The first-order chi connectivity index (χ1) is 14.0. The van der Waals surface area contributed by atoms with E-state index in [1.54, 1.807) is 24.3 Å². The normalized spacial score (nSPS) is 17.0. The number of carbonyl (C=O) groups is 2. The van der Waals surface area contributed by atoms with E-state index in [2.05, 4.69) is 45.1 Å². The van der Waals surface area contributed by atoms with Crippen molar-refractivity contribution >= 4 is 18.0 Å². The van der Waals surface area contributed by atoms with Gasteiger partial charge in [0.05, 0.1) is 0 Å². The molecule has 0 saturated carbocycles. The lowest BCUT2D eigenvalue weighted by Crippen LogP contribution is -2.33. The van der Waals surface area contributed by atoms with E-state index in [0.717, 1.165) is 12.2 Å². The molecule has 0 atom stereocenters. The zero-order valence-corrected chi connectivity index (χ0v) is 18.2. The second-order valence-corrected chi connectivity index (χ2v) is 9.19. The van der Waals surface area contributed by atoms with Gasteiger partial charge in [-0.1, -0.05) is 45.9 Å². The number of aliphatic carboxylic acids is 1. The molecule has 0 radical (unpaired) electrons. The van der Waals surface area contributed by atoms with Crippen LogP contribution in [0.2, 0.25) is 0 Å². The molecular formula is C25H29NO4. The van der Waals surface area contributed by atoms with Gasteiger partial charge in [-0.05, 0) is 70.7 Å². The number of rotatable bonds is 5. The molecule has 1 amide bonds. The predicted molar refractivity (Wildman–Crippen MR) is 118 cm³/mol. The number of ether oxygens (including phenoxy) is 1. The van der Waals surface area contributed by atoms with E-state index in [0.29, 0.717) is 11.3 Å². The predicted octanol–water partition coefficient (Wildman–Crippen LogP) is 5.39. The van der Waals surface area contributed by atoms with Crippen molar-refractivity contribution in [2.24, 2.45) is 0 Å². The van der Waals surface area contributed by atoms with E-state index in [4.69, 9.17) is 4.74 Å². The SMILES string of the molecule is CC(=O)NC(=Cc1ccc(Oc2ccc3c(c2)C(C)(C)CCC3(C)C)cc1)C(=O)O. The van der Waals surface area contributed by atoms with Gasteiger partial charge in [0.1, 0.15) is 17.2 Å². The number of benzene rings is 2. The van der Waals surface area contributed by atoms with Crippen LogP contribution in [0.4, 0.5) is 0 Å². The van der Waals surface area contributed by atoms with E-state index in [1.807, 2.05) is 6.07 Å². The second-order valence-electron chi connectivity index (χ2n) is 9.19. The third-order valence-corrected chi connectivity index (χ3v) is 5.79. The highest BCUT2D eigenvalue weighted by molar-refractivity contribution is 5.96.